The molecule has 0 saturated carbocycles. The molecular formula is C16H20N6OS. The van der Waals surface area contributed by atoms with Gasteiger partial charge < -0.3 is 10.1 Å². The SMILES string of the molecule is CCc1nc(NC2CCc3nc(COC)nn3C2)c2ccsc2n1. The normalized spacial score (nSPS) is 17.2. The average molecular weight is 344 g/mol. The highest BCUT2D eigenvalue weighted by Gasteiger charge is 2.22. The highest BCUT2D eigenvalue weighted by molar-refractivity contribution is 7.16. The van der Waals surface area contributed by atoms with E-state index in [9.17, 15) is 0 Å². The molecule has 0 radical (unpaired) electrons. The molecule has 0 fully saturated rings. The third-order valence-corrected chi connectivity index (χ3v) is 5.01. The third-order valence-electron chi connectivity index (χ3n) is 4.20. The highest BCUT2D eigenvalue weighted by atomic mass is 32.1. The molecule has 3 aromatic rings. The van der Waals surface area contributed by atoms with Gasteiger partial charge >= 0.3 is 0 Å². The number of ether oxygens (including phenoxy) is 1. The second kappa shape index (κ2) is 6.45. The lowest BCUT2D eigenvalue weighted by Gasteiger charge is -2.24. The van der Waals surface area contributed by atoms with E-state index in [-0.39, 0.29) is 6.04 Å². The van der Waals surface area contributed by atoms with Crippen molar-refractivity contribution in [3.63, 3.8) is 0 Å². The number of nitrogens with one attached hydrogen (secondary N) is 1. The molecule has 8 heteroatoms. The Kier molecular flexibility index (Phi) is 4.15. The molecule has 7 nitrogen and oxygen atoms in total. The fraction of sp³-hybridized carbons (Fsp3) is 0.500. The molecule has 1 aliphatic rings. The summed E-state index contributed by atoms with van der Waals surface area (Å²) in [7, 11) is 1.66. The molecule has 3 aromatic heterocycles. The first kappa shape index (κ1) is 15.5. The maximum atomic E-state index is 5.12. The Morgan fingerprint density at radius 3 is 3.08 bits per heavy atom. The van der Waals surface area contributed by atoms with Gasteiger partial charge in [-0.3, -0.25) is 0 Å². The molecule has 1 atom stereocenters. The van der Waals surface area contributed by atoms with Gasteiger partial charge in [-0.05, 0) is 17.9 Å². The van der Waals surface area contributed by atoms with Crippen molar-refractivity contribution in [1.82, 2.24) is 24.7 Å². The van der Waals surface area contributed by atoms with Gasteiger partial charge in [0.15, 0.2) is 5.82 Å². The van der Waals surface area contributed by atoms with E-state index in [0.29, 0.717) is 6.61 Å². The Labute approximate surface area is 144 Å². The van der Waals surface area contributed by atoms with Gasteiger partial charge in [-0.1, -0.05) is 6.92 Å². The smallest absolute Gasteiger partial charge is 0.176 e. The van der Waals surface area contributed by atoms with E-state index in [2.05, 4.69) is 38.8 Å². The van der Waals surface area contributed by atoms with Crippen molar-refractivity contribution >= 4 is 27.4 Å². The summed E-state index contributed by atoms with van der Waals surface area (Å²) in [5, 5.41) is 11.3. The van der Waals surface area contributed by atoms with Crippen LogP contribution in [0.15, 0.2) is 11.4 Å². The Morgan fingerprint density at radius 1 is 1.33 bits per heavy atom. The van der Waals surface area contributed by atoms with Crippen molar-refractivity contribution in [1.29, 1.82) is 0 Å². The van der Waals surface area contributed by atoms with Gasteiger partial charge in [-0.2, -0.15) is 5.10 Å². The Balaban J connectivity index is 1.56. The molecule has 0 aliphatic carbocycles. The zero-order valence-electron chi connectivity index (χ0n) is 13.8. The van der Waals surface area contributed by atoms with Gasteiger partial charge in [0.05, 0.1) is 11.9 Å². The number of thiophene rings is 1. The maximum Gasteiger partial charge on any atom is 0.176 e. The van der Waals surface area contributed by atoms with Crippen LogP contribution in [-0.4, -0.2) is 37.9 Å². The number of aromatic nitrogens is 5. The average Bonchev–Trinajstić information content (AvgIpc) is 3.20. The van der Waals surface area contributed by atoms with E-state index >= 15 is 0 Å². The second-order valence-corrected chi connectivity index (χ2v) is 6.82. The summed E-state index contributed by atoms with van der Waals surface area (Å²) in [5.41, 5.74) is 0. The molecule has 126 valence electrons. The minimum Gasteiger partial charge on any atom is -0.377 e. The van der Waals surface area contributed by atoms with Crippen molar-refractivity contribution in [3.8, 4) is 0 Å². The molecule has 4 heterocycles. The molecule has 24 heavy (non-hydrogen) atoms. The Hall–Kier alpha value is -2.06. The molecule has 1 aliphatic heterocycles. The standard InChI is InChI=1S/C16H20N6OS/c1-3-12-19-15(11-6-7-24-16(11)20-12)17-10-4-5-14-18-13(9-23-2)21-22(14)8-10/h6-7,10H,3-5,8-9H2,1-2H3,(H,17,19,20). The predicted molar refractivity (Wildman–Crippen MR) is 93.3 cm³/mol. The number of hydrogen-bond donors (Lipinski definition) is 1. The minimum atomic E-state index is 0.289. The summed E-state index contributed by atoms with van der Waals surface area (Å²) in [4.78, 5) is 14.9. The molecule has 0 spiro atoms. The van der Waals surface area contributed by atoms with E-state index < -0.39 is 0 Å². The number of aryl methyl sites for hydroxylation is 2. The maximum absolute atomic E-state index is 5.12. The van der Waals surface area contributed by atoms with Crippen molar-refractivity contribution in [2.45, 2.75) is 45.4 Å². The van der Waals surface area contributed by atoms with Gasteiger partial charge in [0, 0.05) is 26.0 Å². The number of nitrogens with zero attached hydrogens (tertiary/aromatic N) is 5. The first-order chi connectivity index (χ1) is 11.8. The number of rotatable bonds is 5. The lowest BCUT2D eigenvalue weighted by Crippen LogP contribution is -2.32. The second-order valence-electron chi connectivity index (χ2n) is 5.92. The summed E-state index contributed by atoms with van der Waals surface area (Å²) >= 11 is 1.66. The van der Waals surface area contributed by atoms with Gasteiger partial charge in [0.25, 0.3) is 0 Å². The van der Waals surface area contributed by atoms with Crippen LogP contribution in [0, 0.1) is 0 Å². The molecule has 1 N–H and O–H groups in total. The zero-order chi connectivity index (χ0) is 16.5. The highest BCUT2D eigenvalue weighted by Crippen LogP contribution is 2.27. The summed E-state index contributed by atoms with van der Waals surface area (Å²) < 4.78 is 7.11. The fourth-order valence-corrected chi connectivity index (χ4v) is 3.81. The topological polar surface area (TPSA) is 77.8 Å². The monoisotopic (exact) mass is 344 g/mol. The van der Waals surface area contributed by atoms with E-state index in [1.165, 1.54) is 0 Å². The summed E-state index contributed by atoms with van der Waals surface area (Å²) in [6.45, 7) is 3.33. The van der Waals surface area contributed by atoms with Crippen molar-refractivity contribution in [2.75, 3.05) is 12.4 Å². The largest absolute Gasteiger partial charge is 0.377 e. The predicted octanol–water partition coefficient (Wildman–Crippen LogP) is 2.42. The van der Waals surface area contributed by atoms with Gasteiger partial charge in [0.2, 0.25) is 0 Å². The molecule has 0 amide bonds. The number of anilines is 1. The third kappa shape index (κ3) is 2.87. The molecule has 0 aromatic carbocycles. The lowest BCUT2D eigenvalue weighted by molar-refractivity contribution is 0.177. The Bertz CT molecular complexity index is 857. The molecule has 1 unspecified atom stereocenters. The van der Waals surface area contributed by atoms with E-state index in [1.807, 2.05) is 4.68 Å². The van der Waals surface area contributed by atoms with E-state index in [4.69, 9.17) is 9.72 Å². The van der Waals surface area contributed by atoms with Gasteiger partial charge in [-0.25, -0.2) is 19.6 Å². The van der Waals surface area contributed by atoms with Crippen molar-refractivity contribution in [2.24, 2.45) is 0 Å². The van der Waals surface area contributed by atoms with Crippen LogP contribution >= 0.6 is 11.3 Å². The van der Waals surface area contributed by atoms with Crippen LogP contribution in [0.1, 0.15) is 30.8 Å². The molecule has 4 rings (SSSR count). The van der Waals surface area contributed by atoms with E-state index in [1.54, 1.807) is 18.4 Å². The van der Waals surface area contributed by atoms with E-state index in [0.717, 1.165) is 59.3 Å². The first-order valence-corrected chi connectivity index (χ1v) is 9.07. The van der Waals surface area contributed by atoms with Crippen LogP contribution in [0.25, 0.3) is 10.2 Å². The van der Waals surface area contributed by atoms with Gasteiger partial charge in [0.1, 0.15) is 28.9 Å². The lowest BCUT2D eigenvalue weighted by atomic mass is 10.1. The number of methoxy groups -OCH3 is 1. The van der Waals surface area contributed by atoms with Crippen LogP contribution in [-0.2, 0) is 30.7 Å². The van der Waals surface area contributed by atoms with Crippen molar-refractivity contribution < 1.29 is 4.74 Å². The quantitative estimate of drug-likeness (QED) is 0.766. The fourth-order valence-electron chi connectivity index (χ4n) is 3.03. The van der Waals surface area contributed by atoms with Crippen LogP contribution in [0.4, 0.5) is 5.82 Å². The van der Waals surface area contributed by atoms with Crippen LogP contribution in [0.2, 0.25) is 0 Å². The molecule has 0 saturated heterocycles. The van der Waals surface area contributed by atoms with Crippen LogP contribution in [0.3, 0.4) is 0 Å². The first-order valence-electron chi connectivity index (χ1n) is 8.19. The number of hydrogen-bond acceptors (Lipinski definition) is 7. The van der Waals surface area contributed by atoms with Crippen molar-refractivity contribution in [3.05, 3.63) is 28.9 Å². The summed E-state index contributed by atoms with van der Waals surface area (Å²) in [5.74, 6) is 3.61. The van der Waals surface area contributed by atoms with Crippen LogP contribution in [0.5, 0.6) is 0 Å². The number of fused-ring (bicyclic) bond motifs is 2. The minimum absolute atomic E-state index is 0.289. The molecule has 0 bridgehead atoms. The summed E-state index contributed by atoms with van der Waals surface area (Å²) in [6, 6.07) is 2.37. The van der Waals surface area contributed by atoms with Gasteiger partial charge in [-0.15, -0.1) is 11.3 Å². The summed E-state index contributed by atoms with van der Waals surface area (Å²) in [6.07, 6.45) is 2.76. The molecular weight excluding hydrogens is 324 g/mol. The Morgan fingerprint density at radius 2 is 2.25 bits per heavy atom. The van der Waals surface area contributed by atoms with Crippen LogP contribution < -0.4 is 5.32 Å². The zero-order valence-corrected chi connectivity index (χ0v) is 14.6.